The zero-order valence-corrected chi connectivity index (χ0v) is 18.6. The molecule has 1 fully saturated rings. The molecular weight excluding hydrogens is 426 g/mol. The Morgan fingerprint density at radius 1 is 1.12 bits per heavy atom. The van der Waals surface area contributed by atoms with E-state index >= 15 is 0 Å². The zero-order chi connectivity index (χ0) is 23.2. The lowest BCUT2D eigenvalue weighted by atomic mass is 9.84. The summed E-state index contributed by atoms with van der Waals surface area (Å²) in [5, 5.41) is 2.83. The number of fused-ring (bicyclic) bond motifs is 3. The van der Waals surface area contributed by atoms with Crippen molar-refractivity contribution in [3.8, 4) is 17.2 Å². The summed E-state index contributed by atoms with van der Waals surface area (Å²) in [4.78, 5) is 42.0. The Morgan fingerprint density at radius 2 is 1.85 bits per heavy atom. The average molecular weight is 451 g/mol. The Morgan fingerprint density at radius 3 is 2.61 bits per heavy atom. The number of ether oxygens (including phenoxy) is 3. The normalized spacial score (nSPS) is 21.3. The number of carbonyl (C=O) groups is 3. The third-order valence-corrected chi connectivity index (χ3v) is 6.62. The molecule has 2 aromatic carbocycles. The molecule has 0 radical (unpaired) electrons. The Hall–Kier alpha value is -3.75. The standard InChI is InChI=1S/C24H25N3O6/c1-31-19-11-15-7-9-26(13-16(15)12-20(19)32-2)21(28)14-27-22(29)24(25-23(27)30)8-10-33-18-6-4-3-5-17(18)24/h3-6,11-12H,7-10,13-14H2,1-2H3,(H,25,30)/t24-/m0/s1. The fourth-order valence-electron chi connectivity index (χ4n) is 4.85. The third-order valence-electron chi connectivity index (χ3n) is 6.62. The molecule has 2 aromatic rings. The van der Waals surface area contributed by atoms with Crippen LogP contribution < -0.4 is 19.5 Å². The van der Waals surface area contributed by atoms with Crippen LogP contribution >= 0.6 is 0 Å². The minimum absolute atomic E-state index is 0.281. The summed E-state index contributed by atoms with van der Waals surface area (Å²) < 4.78 is 16.4. The maximum Gasteiger partial charge on any atom is 0.325 e. The van der Waals surface area contributed by atoms with Gasteiger partial charge < -0.3 is 24.4 Å². The van der Waals surface area contributed by atoms with Gasteiger partial charge in [-0.25, -0.2) is 4.79 Å². The molecule has 1 N–H and O–H groups in total. The van der Waals surface area contributed by atoms with E-state index in [1.165, 1.54) is 0 Å². The highest BCUT2D eigenvalue weighted by molar-refractivity contribution is 6.09. The summed E-state index contributed by atoms with van der Waals surface area (Å²) in [6.45, 7) is 0.865. The molecular formula is C24H25N3O6. The summed E-state index contributed by atoms with van der Waals surface area (Å²) in [7, 11) is 3.16. The van der Waals surface area contributed by atoms with Crippen molar-refractivity contribution in [1.29, 1.82) is 0 Å². The molecule has 0 aromatic heterocycles. The van der Waals surface area contributed by atoms with Gasteiger partial charge in [0.25, 0.3) is 5.91 Å². The number of imide groups is 1. The summed E-state index contributed by atoms with van der Waals surface area (Å²) >= 11 is 0. The second-order valence-corrected chi connectivity index (χ2v) is 8.36. The zero-order valence-electron chi connectivity index (χ0n) is 18.6. The fraction of sp³-hybridized carbons (Fsp3) is 0.375. The monoisotopic (exact) mass is 451 g/mol. The number of hydrogen-bond donors (Lipinski definition) is 1. The number of methoxy groups -OCH3 is 2. The maximum absolute atomic E-state index is 13.4. The Kier molecular flexibility index (Phi) is 5.11. The molecule has 1 spiro atoms. The van der Waals surface area contributed by atoms with Gasteiger partial charge in [0.05, 0.1) is 20.8 Å². The van der Waals surface area contributed by atoms with Crippen LogP contribution in [0.5, 0.6) is 17.2 Å². The minimum Gasteiger partial charge on any atom is -0.493 e. The SMILES string of the molecule is COc1cc2c(cc1OC)CN(C(=O)CN1C(=O)N[C@]3(CCOc4ccccc43)C1=O)CC2. The van der Waals surface area contributed by atoms with Gasteiger partial charge in [0, 0.05) is 25.1 Å². The summed E-state index contributed by atoms with van der Waals surface area (Å²) in [5.41, 5.74) is 1.48. The quantitative estimate of drug-likeness (QED) is 0.713. The molecule has 0 saturated carbocycles. The molecule has 0 unspecified atom stereocenters. The molecule has 1 saturated heterocycles. The summed E-state index contributed by atoms with van der Waals surface area (Å²) in [6.07, 6.45) is 0.966. The van der Waals surface area contributed by atoms with Gasteiger partial charge >= 0.3 is 6.03 Å². The van der Waals surface area contributed by atoms with E-state index in [2.05, 4.69) is 5.32 Å². The molecule has 9 nitrogen and oxygen atoms in total. The van der Waals surface area contributed by atoms with Gasteiger partial charge in [-0.05, 0) is 35.7 Å². The van der Waals surface area contributed by atoms with Gasteiger partial charge in [0.15, 0.2) is 17.0 Å². The number of carbonyl (C=O) groups excluding carboxylic acids is 3. The van der Waals surface area contributed by atoms with Gasteiger partial charge in [0.2, 0.25) is 5.91 Å². The molecule has 3 aliphatic heterocycles. The first kappa shape index (κ1) is 21.1. The summed E-state index contributed by atoms with van der Waals surface area (Å²) in [5.74, 6) is 1.12. The lowest BCUT2D eigenvalue weighted by Crippen LogP contribution is -2.48. The molecule has 9 heteroatoms. The molecule has 3 heterocycles. The third kappa shape index (κ3) is 3.35. The van der Waals surface area contributed by atoms with Crippen LogP contribution in [0.25, 0.3) is 0 Å². The number of nitrogens with zero attached hydrogens (tertiary/aromatic N) is 2. The van der Waals surface area contributed by atoms with Crippen molar-refractivity contribution in [2.24, 2.45) is 0 Å². The van der Waals surface area contributed by atoms with Gasteiger partial charge in [-0.2, -0.15) is 0 Å². The van der Waals surface area contributed by atoms with Crippen molar-refractivity contribution < 1.29 is 28.6 Å². The smallest absolute Gasteiger partial charge is 0.325 e. The second-order valence-electron chi connectivity index (χ2n) is 8.36. The number of hydrogen-bond acceptors (Lipinski definition) is 6. The van der Waals surface area contributed by atoms with Crippen molar-refractivity contribution in [3.63, 3.8) is 0 Å². The van der Waals surface area contributed by atoms with E-state index in [1.807, 2.05) is 18.2 Å². The highest BCUT2D eigenvalue weighted by atomic mass is 16.5. The van der Waals surface area contributed by atoms with E-state index in [9.17, 15) is 14.4 Å². The number of rotatable bonds is 4. The van der Waals surface area contributed by atoms with Gasteiger partial charge in [-0.15, -0.1) is 0 Å². The van der Waals surface area contributed by atoms with E-state index in [0.717, 1.165) is 16.0 Å². The molecule has 1 atom stereocenters. The Bertz CT molecular complexity index is 1150. The van der Waals surface area contributed by atoms with Crippen LogP contribution in [0, 0.1) is 0 Å². The summed E-state index contributed by atoms with van der Waals surface area (Å²) in [6, 6.07) is 10.4. The van der Waals surface area contributed by atoms with Crippen LogP contribution in [0.3, 0.4) is 0 Å². The van der Waals surface area contributed by atoms with Crippen LogP contribution in [0.1, 0.15) is 23.1 Å². The van der Waals surface area contributed by atoms with Crippen LogP contribution in [0.15, 0.2) is 36.4 Å². The van der Waals surface area contributed by atoms with Crippen molar-refractivity contribution >= 4 is 17.8 Å². The Balaban J connectivity index is 1.34. The van der Waals surface area contributed by atoms with E-state index in [4.69, 9.17) is 14.2 Å². The van der Waals surface area contributed by atoms with Crippen molar-refractivity contribution in [1.82, 2.24) is 15.1 Å². The van der Waals surface area contributed by atoms with Crippen molar-refractivity contribution in [3.05, 3.63) is 53.1 Å². The van der Waals surface area contributed by atoms with E-state index < -0.39 is 17.5 Å². The number of amides is 4. The fourth-order valence-corrected chi connectivity index (χ4v) is 4.85. The first-order valence-corrected chi connectivity index (χ1v) is 10.8. The van der Waals surface area contributed by atoms with Crippen LogP contribution in [-0.4, -0.2) is 61.6 Å². The first-order valence-electron chi connectivity index (χ1n) is 10.8. The lowest BCUT2D eigenvalue weighted by Gasteiger charge is -2.33. The average Bonchev–Trinajstić information content (AvgIpc) is 3.07. The van der Waals surface area contributed by atoms with Crippen LogP contribution in [0.4, 0.5) is 4.79 Å². The minimum atomic E-state index is -1.19. The van der Waals surface area contributed by atoms with Crippen molar-refractivity contribution in [2.75, 3.05) is 33.9 Å². The molecule has 4 amide bonds. The number of nitrogens with one attached hydrogen (secondary N) is 1. The number of para-hydroxylation sites is 1. The number of benzene rings is 2. The Labute approximate surface area is 191 Å². The van der Waals surface area contributed by atoms with Gasteiger partial charge in [-0.1, -0.05) is 18.2 Å². The van der Waals surface area contributed by atoms with Crippen LogP contribution in [-0.2, 0) is 28.1 Å². The molecule has 33 heavy (non-hydrogen) atoms. The number of urea groups is 1. The lowest BCUT2D eigenvalue weighted by molar-refractivity contribution is -0.140. The topological polar surface area (TPSA) is 97.4 Å². The second kappa shape index (κ2) is 7.99. The molecule has 0 bridgehead atoms. The predicted molar refractivity (Wildman–Crippen MR) is 117 cm³/mol. The van der Waals surface area contributed by atoms with E-state index in [-0.39, 0.29) is 12.5 Å². The molecule has 3 aliphatic rings. The van der Waals surface area contributed by atoms with Crippen LogP contribution in [0.2, 0.25) is 0 Å². The molecule has 172 valence electrons. The first-order chi connectivity index (χ1) is 16.0. The molecule has 0 aliphatic carbocycles. The van der Waals surface area contributed by atoms with Crippen molar-refractivity contribution in [2.45, 2.75) is 24.9 Å². The highest BCUT2D eigenvalue weighted by Crippen LogP contribution is 2.41. The predicted octanol–water partition coefficient (Wildman–Crippen LogP) is 1.82. The van der Waals surface area contributed by atoms with E-state index in [0.29, 0.717) is 55.4 Å². The largest absolute Gasteiger partial charge is 0.493 e. The molecule has 5 rings (SSSR count). The maximum atomic E-state index is 13.4. The van der Waals surface area contributed by atoms with E-state index in [1.54, 1.807) is 37.3 Å². The van der Waals surface area contributed by atoms with Gasteiger partial charge in [-0.3, -0.25) is 14.5 Å². The van der Waals surface area contributed by atoms with Gasteiger partial charge in [0.1, 0.15) is 12.3 Å². The highest BCUT2D eigenvalue weighted by Gasteiger charge is 2.55.